The molecule has 0 aromatic carbocycles. The van der Waals surface area contributed by atoms with Gasteiger partial charge in [0.15, 0.2) is 0 Å². The molecule has 1 aromatic heterocycles. The van der Waals surface area contributed by atoms with Gasteiger partial charge >= 0.3 is 5.97 Å². The molecule has 4 nitrogen and oxygen atoms in total. The van der Waals surface area contributed by atoms with E-state index in [4.69, 9.17) is 0 Å². The highest BCUT2D eigenvalue weighted by atomic mass is 16.4. The Bertz CT molecular complexity index is 345. The van der Waals surface area contributed by atoms with E-state index in [2.05, 4.69) is 16.2 Å². The van der Waals surface area contributed by atoms with E-state index in [-0.39, 0.29) is 0 Å². The lowest BCUT2D eigenvalue weighted by Crippen LogP contribution is -2.38. The van der Waals surface area contributed by atoms with Crippen molar-refractivity contribution in [3.05, 3.63) is 24.3 Å². The Morgan fingerprint density at radius 3 is 2.60 bits per heavy atom. The molecule has 0 spiro atoms. The van der Waals surface area contributed by atoms with Gasteiger partial charge in [-0.2, -0.15) is 0 Å². The summed E-state index contributed by atoms with van der Waals surface area (Å²) in [6.45, 7) is 0. The zero-order valence-electron chi connectivity index (χ0n) is 8.44. The number of nitrogens with zero attached hydrogens (tertiary/aromatic N) is 2. The third kappa shape index (κ3) is 1.71. The topological polar surface area (TPSA) is 63.1 Å². The van der Waals surface area contributed by atoms with Gasteiger partial charge in [-0.25, -0.2) is 0 Å². The second-order valence-corrected chi connectivity index (χ2v) is 3.96. The fourth-order valence-corrected chi connectivity index (χ4v) is 2.21. The molecule has 0 bridgehead atoms. The van der Waals surface area contributed by atoms with E-state index in [9.17, 15) is 9.90 Å². The molecule has 1 fully saturated rings. The molecule has 1 N–H and O–H groups in total. The summed E-state index contributed by atoms with van der Waals surface area (Å²) in [6, 6.07) is 0. The minimum atomic E-state index is -0.841. The highest BCUT2D eigenvalue weighted by Crippen LogP contribution is 2.38. The van der Waals surface area contributed by atoms with Crippen LogP contribution < -0.4 is 0 Å². The van der Waals surface area contributed by atoms with Gasteiger partial charge in [-0.15, -0.1) is 0 Å². The Labute approximate surface area is 88.4 Å². The minimum Gasteiger partial charge on any atom is -0.481 e. The predicted octanol–water partition coefficient (Wildman–Crippen LogP) is 1.56. The number of carboxylic acid groups (broad SMARTS) is 1. The molecule has 0 atom stereocenters. The van der Waals surface area contributed by atoms with Gasteiger partial charge in [0.2, 0.25) is 0 Å². The molecule has 1 aliphatic carbocycles. The van der Waals surface area contributed by atoms with Crippen molar-refractivity contribution in [2.24, 2.45) is 0 Å². The van der Waals surface area contributed by atoms with Crippen LogP contribution in [0.4, 0.5) is 0 Å². The number of aromatic nitrogens is 2. The normalized spacial score (nSPS) is 19.7. The summed E-state index contributed by atoms with van der Waals surface area (Å²) >= 11 is 0. The Morgan fingerprint density at radius 1 is 1.33 bits per heavy atom. The molecule has 1 aliphatic rings. The van der Waals surface area contributed by atoms with Gasteiger partial charge in [0.1, 0.15) is 11.6 Å². The van der Waals surface area contributed by atoms with Crippen molar-refractivity contribution in [1.29, 1.82) is 0 Å². The van der Waals surface area contributed by atoms with Crippen molar-refractivity contribution in [3.8, 4) is 0 Å². The lowest BCUT2D eigenvalue weighted by atomic mass is 9.72. The molecule has 0 amide bonds. The number of hydrogen-bond donors (Lipinski definition) is 1. The van der Waals surface area contributed by atoms with E-state index in [1.165, 1.54) is 12.4 Å². The van der Waals surface area contributed by atoms with Crippen LogP contribution in [0.15, 0.2) is 12.4 Å². The Morgan fingerprint density at radius 2 is 2.07 bits per heavy atom. The molecule has 1 radical (unpaired) electrons. The SMILES string of the molecule is O=C(O)C1(c2[c]nccn2)CCCCC1. The average Bonchev–Trinajstić information content (AvgIpc) is 2.31. The fourth-order valence-electron chi connectivity index (χ4n) is 2.21. The standard InChI is InChI=1S/C11H13N2O2/c14-10(15)11(4-2-1-3-5-11)9-8-12-6-7-13-9/h6-7H,1-5H2,(H,14,15). The molecule has 2 rings (SSSR count). The molecular weight excluding hydrogens is 192 g/mol. The number of carbonyl (C=O) groups is 1. The van der Waals surface area contributed by atoms with Crippen LogP contribution in [0.1, 0.15) is 37.8 Å². The van der Waals surface area contributed by atoms with Crippen LogP contribution in [0, 0.1) is 6.20 Å². The second-order valence-electron chi connectivity index (χ2n) is 3.96. The minimum absolute atomic E-state index is 0.484. The van der Waals surface area contributed by atoms with Crippen LogP contribution in [-0.4, -0.2) is 21.0 Å². The first-order chi connectivity index (χ1) is 7.26. The third-order valence-corrected chi connectivity index (χ3v) is 3.09. The average molecular weight is 205 g/mol. The maximum atomic E-state index is 11.4. The first-order valence-corrected chi connectivity index (χ1v) is 5.18. The maximum absolute atomic E-state index is 11.4. The van der Waals surface area contributed by atoms with Crippen LogP contribution in [0.25, 0.3) is 0 Å². The smallest absolute Gasteiger partial charge is 0.315 e. The van der Waals surface area contributed by atoms with Gasteiger partial charge in [-0.05, 0) is 12.8 Å². The van der Waals surface area contributed by atoms with Crippen molar-refractivity contribution in [1.82, 2.24) is 9.97 Å². The monoisotopic (exact) mass is 205 g/mol. The van der Waals surface area contributed by atoms with Crippen molar-refractivity contribution in [3.63, 3.8) is 0 Å². The van der Waals surface area contributed by atoms with Gasteiger partial charge in [0.05, 0.1) is 5.69 Å². The van der Waals surface area contributed by atoms with Crippen LogP contribution in [0.3, 0.4) is 0 Å². The van der Waals surface area contributed by atoms with E-state index in [0.717, 1.165) is 19.3 Å². The van der Waals surface area contributed by atoms with Crippen LogP contribution >= 0.6 is 0 Å². The van der Waals surface area contributed by atoms with Gasteiger partial charge in [0.25, 0.3) is 0 Å². The number of rotatable bonds is 2. The largest absolute Gasteiger partial charge is 0.481 e. The molecule has 0 unspecified atom stereocenters. The summed E-state index contributed by atoms with van der Waals surface area (Å²) in [5.41, 5.74) is -0.357. The number of hydrogen-bond acceptors (Lipinski definition) is 3. The predicted molar refractivity (Wildman–Crippen MR) is 53.3 cm³/mol. The van der Waals surface area contributed by atoms with Crippen LogP contribution in [-0.2, 0) is 10.2 Å². The summed E-state index contributed by atoms with van der Waals surface area (Å²) in [4.78, 5) is 19.3. The summed E-state index contributed by atoms with van der Waals surface area (Å²) in [5.74, 6) is -0.793. The van der Waals surface area contributed by atoms with Crippen molar-refractivity contribution in [2.75, 3.05) is 0 Å². The van der Waals surface area contributed by atoms with E-state index in [1.807, 2.05) is 0 Å². The zero-order valence-corrected chi connectivity index (χ0v) is 8.44. The summed E-state index contributed by atoms with van der Waals surface area (Å²) in [7, 11) is 0. The summed E-state index contributed by atoms with van der Waals surface area (Å²) in [6.07, 6.45) is 10.1. The van der Waals surface area contributed by atoms with Gasteiger partial charge < -0.3 is 5.11 Å². The molecule has 1 aromatic rings. The van der Waals surface area contributed by atoms with Gasteiger partial charge in [0, 0.05) is 12.4 Å². The van der Waals surface area contributed by atoms with Crippen molar-refractivity contribution >= 4 is 5.97 Å². The molecule has 79 valence electrons. The Kier molecular flexibility index (Phi) is 2.66. The van der Waals surface area contributed by atoms with Gasteiger partial charge in [-0.1, -0.05) is 19.3 Å². The van der Waals surface area contributed by atoms with E-state index < -0.39 is 11.4 Å². The van der Waals surface area contributed by atoms with E-state index >= 15 is 0 Å². The second kappa shape index (κ2) is 3.96. The maximum Gasteiger partial charge on any atom is 0.315 e. The number of carboxylic acids is 1. The fraction of sp³-hybridized carbons (Fsp3) is 0.545. The molecule has 15 heavy (non-hydrogen) atoms. The van der Waals surface area contributed by atoms with E-state index in [1.54, 1.807) is 0 Å². The Balaban J connectivity index is 2.38. The zero-order chi connectivity index (χ0) is 10.7. The molecule has 4 heteroatoms. The summed E-state index contributed by atoms with van der Waals surface area (Å²) < 4.78 is 0. The van der Waals surface area contributed by atoms with Crippen LogP contribution in [0.5, 0.6) is 0 Å². The van der Waals surface area contributed by atoms with E-state index in [0.29, 0.717) is 18.5 Å². The highest BCUT2D eigenvalue weighted by Gasteiger charge is 2.42. The van der Waals surface area contributed by atoms with Crippen molar-refractivity contribution < 1.29 is 9.90 Å². The molecule has 0 saturated heterocycles. The third-order valence-electron chi connectivity index (χ3n) is 3.09. The highest BCUT2D eigenvalue weighted by molar-refractivity contribution is 5.80. The quantitative estimate of drug-likeness (QED) is 0.795. The van der Waals surface area contributed by atoms with Crippen molar-refractivity contribution in [2.45, 2.75) is 37.5 Å². The Hall–Kier alpha value is -1.45. The molecular formula is C11H13N2O2. The molecule has 0 aliphatic heterocycles. The lowest BCUT2D eigenvalue weighted by Gasteiger charge is -2.31. The first kappa shape index (κ1) is 10.1. The van der Waals surface area contributed by atoms with Gasteiger partial charge in [-0.3, -0.25) is 14.8 Å². The summed E-state index contributed by atoms with van der Waals surface area (Å²) in [5, 5.41) is 9.35. The molecule has 1 saturated carbocycles. The molecule has 1 heterocycles. The number of aliphatic carboxylic acids is 1. The lowest BCUT2D eigenvalue weighted by molar-refractivity contribution is -0.145. The first-order valence-electron chi connectivity index (χ1n) is 5.18. The van der Waals surface area contributed by atoms with Crippen LogP contribution in [0.2, 0.25) is 0 Å².